The number of ether oxygens (including phenoxy) is 2. The summed E-state index contributed by atoms with van der Waals surface area (Å²) in [4.78, 5) is 22.1. The van der Waals surface area contributed by atoms with E-state index in [4.69, 9.17) is 9.47 Å². The summed E-state index contributed by atoms with van der Waals surface area (Å²) in [6, 6.07) is 0. The maximum atomic E-state index is 11.1. The van der Waals surface area contributed by atoms with Crippen LogP contribution in [-0.4, -0.2) is 33.0 Å². The SMILES string of the molecule is CC(I)C(=O)OCCCCOC(=O)C(C)I. The van der Waals surface area contributed by atoms with Gasteiger partial charge in [0.25, 0.3) is 0 Å². The lowest BCUT2D eigenvalue weighted by molar-refractivity contribution is -0.144. The molecule has 0 amide bonds. The fourth-order valence-electron chi connectivity index (χ4n) is 0.779. The zero-order valence-electron chi connectivity index (χ0n) is 9.37. The fourth-order valence-corrected chi connectivity index (χ4v) is 1.14. The molecule has 16 heavy (non-hydrogen) atoms. The molecule has 4 nitrogen and oxygen atoms in total. The van der Waals surface area contributed by atoms with E-state index >= 15 is 0 Å². The second kappa shape index (κ2) is 9.43. The Morgan fingerprint density at radius 2 is 1.25 bits per heavy atom. The molecule has 2 unspecified atom stereocenters. The van der Waals surface area contributed by atoms with E-state index in [0.29, 0.717) is 13.2 Å². The van der Waals surface area contributed by atoms with Crippen molar-refractivity contribution < 1.29 is 19.1 Å². The Morgan fingerprint density at radius 3 is 1.50 bits per heavy atom. The van der Waals surface area contributed by atoms with Gasteiger partial charge in [-0.05, 0) is 26.7 Å². The average molecular weight is 454 g/mol. The quantitative estimate of drug-likeness (QED) is 0.257. The zero-order chi connectivity index (χ0) is 12.6. The molecule has 0 aromatic carbocycles. The summed E-state index contributed by atoms with van der Waals surface area (Å²) in [6.07, 6.45) is 1.44. The molecule has 0 fully saturated rings. The first kappa shape index (κ1) is 16.4. The summed E-state index contributed by atoms with van der Waals surface area (Å²) in [5.41, 5.74) is 0. The van der Waals surface area contributed by atoms with Crippen molar-refractivity contribution in [2.24, 2.45) is 0 Å². The van der Waals surface area contributed by atoms with Crippen LogP contribution in [-0.2, 0) is 19.1 Å². The maximum absolute atomic E-state index is 11.1. The van der Waals surface area contributed by atoms with Crippen LogP contribution in [0.25, 0.3) is 0 Å². The van der Waals surface area contributed by atoms with E-state index in [9.17, 15) is 9.59 Å². The van der Waals surface area contributed by atoms with Crippen molar-refractivity contribution in [2.75, 3.05) is 13.2 Å². The van der Waals surface area contributed by atoms with E-state index in [1.165, 1.54) is 0 Å². The molecule has 0 saturated carbocycles. The van der Waals surface area contributed by atoms with Gasteiger partial charge in [-0.15, -0.1) is 0 Å². The highest BCUT2D eigenvalue weighted by atomic mass is 127. The molecule has 94 valence electrons. The Morgan fingerprint density at radius 1 is 0.938 bits per heavy atom. The highest BCUT2D eigenvalue weighted by molar-refractivity contribution is 14.1. The maximum Gasteiger partial charge on any atom is 0.318 e. The zero-order valence-corrected chi connectivity index (χ0v) is 13.7. The van der Waals surface area contributed by atoms with Crippen LogP contribution in [0, 0.1) is 0 Å². The number of esters is 2. The normalized spacial score (nSPS) is 14.0. The van der Waals surface area contributed by atoms with E-state index in [2.05, 4.69) is 0 Å². The van der Waals surface area contributed by atoms with Gasteiger partial charge in [0, 0.05) is 0 Å². The highest BCUT2D eigenvalue weighted by Crippen LogP contribution is 2.04. The molecule has 0 N–H and O–H groups in total. The van der Waals surface area contributed by atoms with Crippen LogP contribution in [0.4, 0.5) is 0 Å². The topological polar surface area (TPSA) is 52.6 Å². The van der Waals surface area contributed by atoms with Crippen molar-refractivity contribution in [2.45, 2.75) is 34.5 Å². The summed E-state index contributed by atoms with van der Waals surface area (Å²) in [5, 5.41) is 0. The van der Waals surface area contributed by atoms with Crippen molar-refractivity contribution in [3.05, 3.63) is 0 Å². The van der Waals surface area contributed by atoms with Crippen molar-refractivity contribution in [1.82, 2.24) is 0 Å². The van der Waals surface area contributed by atoms with E-state index in [1.807, 2.05) is 45.2 Å². The minimum Gasteiger partial charge on any atom is -0.465 e. The predicted molar refractivity (Wildman–Crippen MR) is 78.1 cm³/mol. The number of carbonyl (C=O) groups excluding carboxylic acids is 2. The number of rotatable bonds is 7. The van der Waals surface area contributed by atoms with Gasteiger partial charge >= 0.3 is 11.9 Å². The van der Waals surface area contributed by atoms with E-state index in [-0.39, 0.29) is 19.8 Å². The molecule has 0 aliphatic carbocycles. The molecule has 0 aliphatic heterocycles. The number of hydrogen-bond donors (Lipinski definition) is 0. The second-order valence-electron chi connectivity index (χ2n) is 3.27. The molecule has 0 rings (SSSR count). The van der Waals surface area contributed by atoms with Crippen molar-refractivity contribution in [3.63, 3.8) is 0 Å². The van der Waals surface area contributed by atoms with Crippen molar-refractivity contribution in [3.8, 4) is 0 Å². The summed E-state index contributed by atoms with van der Waals surface area (Å²) in [5.74, 6) is -0.392. The van der Waals surface area contributed by atoms with Gasteiger partial charge in [0.1, 0.15) is 7.85 Å². The molecule has 6 heteroatoms. The molecule has 0 spiro atoms. The number of hydrogen-bond acceptors (Lipinski definition) is 4. The first-order chi connectivity index (χ1) is 7.45. The van der Waals surface area contributed by atoms with Crippen molar-refractivity contribution >= 4 is 57.1 Å². The molecular formula is C10H16I2O4. The lowest BCUT2D eigenvalue weighted by atomic mass is 10.3. The van der Waals surface area contributed by atoms with Gasteiger partial charge in [-0.1, -0.05) is 45.2 Å². The first-order valence-corrected chi connectivity index (χ1v) is 7.55. The molecular weight excluding hydrogens is 438 g/mol. The van der Waals surface area contributed by atoms with Crippen LogP contribution in [0.5, 0.6) is 0 Å². The van der Waals surface area contributed by atoms with Gasteiger partial charge in [-0.3, -0.25) is 9.59 Å². The Hall–Kier alpha value is 0.400. The molecule has 0 aliphatic rings. The third kappa shape index (κ3) is 8.54. The molecule has 2 atom stereocenters. The van der Waals surface area contributed by atoms with Gasteiger partial charge in [-0.25, -0.2) is 0 Å². The first-order valence-electron chi connectivity index (χ1n) is 5.06. The molecule has 0 bridgehead atoms. The van der Waals surface area contributed by atoms with Gasteiger partial charge in [-0.2, -0.15) is 0 Å². The van der Waals surface area contributed by atoms with E-state index < -0.39 is 0 Å². The molecule has 0 aromatic rings. The van der Waals surface area contributed by atoms with Crippen LogP contribution in [0.2, 0.25) is 0 Å². The molecule has 0 saturated heterocycles. The average Bonchev–Trinajstić information content (AvgIpc) is 2.21. The summed E-state index contributed by atoms with van der Waals surface area (Å²) in [7, 11) is 0. The summed E-state index contributed by atoms with van der Waals surface area (Å²) in [6.45, 7) is 4.35. The van der Waals surface area contributed by atoms with Gasteiger partial charge in [0.2, 0.25) is 0 Å². The standard InChI is InChI=1S/C10H16I2O4/c1-7(11)9(13)15-5-3-4-6-16-10(14)8(2)12/h7-8H,3-6H2,1-2H3. The van der Waals surface area contributed by atoms with E-state index in [1.54, 1.807) is 13.8 Å². The van der Waals surface area contributed by atoms with Crippen molar-refractivity contribution in [1.29, 1.82) is 0 Å². The van der Waals surface area contributed by atoms with Crippen LogP contribution >= 0.6 is 45.2 Å². The van der Waals surface area contributed by atoms with E-state index in [0.717, 1.165) is 12.8 Å². The summed E-state index contributed by atoms with van der Waals surface area (Å²) >= 11 is 4.02. The number of halogens is 2. The predicted octanol–water partition coefficient (Wildman–Crippen LogP) is 2.50. The van der Waals surface area contributed by atoms with Crippen LogP contribution in [0.3, 0.4) is 0 Å². The third-order valence-electron chi connectivity index (χ3n) is 1.68. The Kier molecular flexibility index (Phi) is 9.67. The minimum atomic E-state index is -0.196. The van der Waals surface area contributed by atoms with Gasteiger partial charge in [0.15, 0.2) is 0 Å². The smallest absolute Gasteiger partial charge is 0.318 e. The Balaban J connectivity index is 3.35. The summed E-state index contributed by atoms with van der Waals surface area (Å²) < 4.78 is 9.71. The second-order valence-corrected chi connectivity index (χ2v) is 7.01. The van der Waals surface area contributed by atoms with Gasteiger partial charge in [0.05, 0.1) is 13.2 Å². The molecule has 0 radical (unpaired) electrons. The number of alkyl halides is 2. The van der Waals surface area contributed by atoms with Crippen LogP contribution in [0.15, 0.2) is 0 Å². The molecule has 0 aromatic heterocycles. The highest BCUT2D eigenvalue weighted by Gasteiger charge is 2.10. The molecule has 0 heterocycles. The number of unbranched alkanes of at least 4 members (excludes halogenated alkanes) is 1. The largest absolute Gasteiger partial charge is 0.465 e. The van der Waals surface area contributed by atoms with Gasteiger partial charge < -0.3 is 9.47 Å². The monoisotopic (exact) mass is 454 g/mol. The van der Waals surface area contributed by atoms with Crippen LogP contribution in [0.1, 0.15) is 26.7 Å². The minimum absolute atomic E-state index is 0.115. The Labute approximate surface area is 123 Å². The lowest BCUT2D eigenvalue weighted by Gasteiger charge is -2.07. The third-order valence-corrected chi connectivity index (χ3v) is 2.69. The fraction of sp³-hybridized carbons (Fsp3) is 0.800. The lowest BCUT2D eigenvalue weighted by Crippen LogP contribution is -2.16. The number of carbonyl (C=O) groups is 2. The Bertz CT molecular complexity index is 205. The van der Waals surface area contributed by atoms with Crippen LogP contribution < -0.4 is 0 Å².